The average molecular weight is 213 g/mol. The number of hydrogen-bond donors (Lipinski definition) is 1. The SMILES string of the molecule is CNCCCN(C)c1ccccc1Cl. The fourth-order valence-electron chi connectivity index (χ4n) is 1.37. The summed E-state index contributed by atoms with van der Waals surface area (Å²) in [5.41, 5.74) is 1.10. The summed E-state index contributed by atoms with van der Waals surface area (Å²) in [6, 6.07) is 7.93. The molecule has 0 radical (unpaired) electrons. The van der Waals surface area contributed by atoms with Crippen molar-refractivity contribution in [3.63, 3.8) is 0 Å². The minimum atomic E-state index is 0.819. The molecule has 0 bridgehead atoms. The van der Waals surface area contributed by atoms with Gasteiger partial charge in [-0.25, -0.2) is 0 Å². The number of hydrogen-bond acceptors (Lipinski definition) is 2. The quantitative estimate of drug-likeness (QED) is 0.755. The van der Waals surface area contributed by atoms with Crippen LogP contribution in [0.15, 0.2) is 24.3 Å². The maximum absolute atomic E-state index is 6.07. The third-order valence-corrected chi connectivity index (χ3v) is 2.50. The first kappa shape index (κ1) is 11.3. The monoisotopic (exact) mass is 212 g/mol. The number of para-hydroxylation sites is 1. The van der Waals surface area contributed by atoms with Crippen LogP contribution in [0.1, 0.15) is 6.42 Å². The summed E-state index contributed by atoms with van der Waals surface area (Å²) in [5, 5.41) is 3.95. The van der Waals surface area contributed by atoms with Gasteiger partial charge in [0.25, 0.3) is 0 Å². The van der Waals surface area contributed by atoms with Crippen LogP contribution in [0.5, 0.6) is 0 Å². The zero-order valence-electron chi connectivity index (χ0n) is 8.76. The van der Waals surface area contributed by atoms with E-state index in [1.54, 1.807) is 0 Å². The van der Waals surface area contributed by atoms with Crippen LogP contribution < -0.4 is 10.2 Å². The molecule has 2 nitrogen and oxygen atoms in total. The molecule has 1 rings (SSSR count). The van der Waals surface area contributed by atoms with E-state index >= 15 is 0 Å². The van der Waals surface area contributed by atoms with Crippen LogP contribution in [0.3, 0.4) is 0 Å². The van der Waals surface area contributed by atoms with Crippen molar-refractivity contribution in [1.29, 1.82) is 0 Å². The van der Waals surface area contributed by atoms with Crippen molar-refractivity contribution in [1.82, 2.24) is 5.32 Å². The van der Waals surface area contributed by atoms with Crippen molar-refractivity contribution in [2.75, 3.05) is 32.1 Å². The van der Waals surface area contributed by atoms with Crippen LogP contribution >= 0.6 is 11.6 Å². The standard InChI is InChI=1S/C11H17ClN2/c1-13-8-5-9-14(2)11-7-4-3-6-10(11)12/h3-4,6-7,13H,5,8-9H2,1-2H3. The number of rotatable bonds is 5. The van der Waals surface area contributed by atoms with Crippen molar-refractivity contribution in [2.24, 2.45) is 0 Å². The van der Waals surface area contributed by atoms with Gasteiger partial charge in [0.15, 0.2) is 0 Å². The number of benzene rings is 1. The fraction of sp³-hybridized carbons (Fsp3) is 0.455. The summed E-state index contributed by atoms with van der Waals surface area (Å²) in [5.74, 6) is 0. The normalized spacial score (nSPS) is 10.2. The molecule has 78 valence electrons. The van der Waals surface area contributed by atoms with Gasteiger partial charge in [0, 0.05) is 13.6 Å². The Kier molecular flexibility index (Phi) is 4.77. The van der Waals surface area contributed by atoms with E-state index in [9.17, 15) is 0 Å². The molecule has 14 heavy (non-hydrogen) atoms. The van der Waals surface area contributed by atoms with Gasteiger partial charge < -0.3 is 10.2 Å². The van der Waals surface area contributed by atoms with Gasteiger partial charge in [0.2, 0.25) is 0 Å². The fourth-order valence-corrected chi connectivity index (χ4v) is 1.65. The third-order valence-electron chi connectivity index (χ3n) is 2.18. The highest BCUT2D eigenvalue weighted by molar-refractivity contribution is 6.33. The molecule has 0 aliphatic heterocycles. The third kappa shape index (κ3) is 3.20. The number of nitrogens with zero attached hydrogens (tertiary/aromatic N) is 1. The van der Waals surface area contributed by atoms with E-state index < -0.39 is 0 Å². The van der Waals surface area contributed by atoms with E-state index in [1.165, 1.54) is 0 Å². The zero-order valence-corrected chi connectivity index (χ0v) is 9.51. The van der Waals surface area contributed by atoms with Crippen molar-refractivity contribution < 1.29 is 0 Å². The van der Waals surface area contributed by atoms with Gasteiger partial charge in [0.05, 0.1) is 10.7 Å². The second-order valence-corrected chi connectivity index (χ2v) is 3.74. The number of nitrogens with one attached hydrogen (secondary N) is 1. The topological polar surface area (TPSA) is 15.3 Å². The lowest BCUT2D eigenvalue weighted by Crippen LogP contribution is -2.22. The molecule has 0 saturated carbocycles. The summed E-state index contributed by atoms with van der Waals surface area (Å²) >= 11 is 6.07. The van der Waals surface area contributed by atoms with Crippen molar-refractivity contribution in [3.05, 3.63) is 29.3 Å². The van der Waals surface area contributed by atoms with Gasteiger partial charge >= 0.3 is 0 Å². The van der Waals surface area contributed by atoms with Crippen LogP contribution in [-0.2, 0) is 0 Å². The maximum Gasteiger partial charge on any atom is 0.0639 e. The van der Waals surface area contributed by atoms with Gasteiger partial charge in [-0.2, -0.15) is 0 Å². The van der Waals surface area contributed by atoms with Crippen LogP contribution in [0.2, 0.25) is 5.02 Å². The molecule has 0 aliphatic carbocycles. The molecule has 0 aromatic heterocycles. The molecule has 0 unspecified atom stereocenters. The van der Waals surface area contributed by atoms with Gasteiger partial charge in [0.1, 0.15) is 0 Å². The van der Waals surface area contributed by atoms with E-state index in [0.717, 1.165) is 30.2 Å². The lowest BCUT2D eigenvalue weighted by Gasteiger charge is -2.20. The molecule has 0 spiro atoms. The molecular formula is C11H17ClN2. The van der Waals surface area contributed by atoms with E-state index in [2.05, 4.69) is 17.3 Å². The lowest BCUT2D eigenvalue weighted by atomic mass is 10.3. The highest BCUT2D eigenvalue weighted by Crippen LogP contribution is 2.23. The minimum absolute atomic E-state index is 0.819. The van der Waals surface area contributed by atoms with Crippen LogP contribution in [0, 0.1) is 0 Å². The maximum atomic E-state index is 6.07. The van der Waals surface area contributed by atoms with Crippen molar-refractivity contribution in [2.45, 2.75) is 6.42 Å². The largest absolute Gasteiger partial charge is 0.373 e. The molecule has 1 aromatic rings. The molecule has 0 aliphatic rings. The van der Waals surface area contributed by atoms with Gasteiger partial charge in [-0.3, -0.25) is 0 Å². The molecule has 3 heteroatoms. The Hall–Kier alpha value is -0.730. The Morgan fingerprint density at radius 2 is 2.07 bits per heavy atom. The Bertz CT molecular complexity index is 276. The minimum Gasteiger partial charge on any atom is -0.373 e. The second-order valence-electron chi connectivity index (χ2n) is 3.33. The summed E-state index contributed by atoms with van der Waals surface area (Å²) in [6.07, 6.45) is 1.12. The summed E-state index contributed by atoms with van der Waals surface area (Å²) in [4.78, 5) is 2.18. The molecular weight excluding hydrogens is 196 g/mol. The van der Waals surface area contributed by atoms with Gasteiger partial charge in [-0.15, -0.1) is 0 Å². The number of anilines is 1. The van der Waals surface area contributed by atoms with E-state index in [-0.39, 0.29) is 0 Å². The molecule has 0 saturated heterocycles. The highest BCUT2D eigenvalue weighted by atomic mass is 35.5. The van der Waals surface area contributed by atoms with Crippen LogP contribution in [0.25, 0.3) is 0 Å². The average Bonchev–Trinajstić information content (AvgIpc) is 2.18. The Balaban J connectivity index is 2.51. The zero-order chi connectivity index (χ0) is 10.4. The molecule has 0 fully saturated rings. The summed E-state index contributed by atoms with van der Waals surface area (Å²) in [7, 11) is 4.03. The van der Waals surface area contributed by atoms with E-state index in [0.29, 0.717) is 0 Å². The van der Waals surface area contributed by atoms with Crippen LogP contribution in [0.4, 0.5) is 5.69 Å². The van der Waals surface area contributed by atoms with E-state index in [4.69, 9.17) is 11.6 Å². The molecule has 0 atom stereocenters. The first-order valence-electron chi connectivity index (χ1n) is 4.86. The van der Waals surface area contributed by atoms with E-state index in [1.807, 2.05) is 31.3 Å². The van der Waals surface area contributed by atoms with Crippen molar-refractivity contribution >= 4 is 17.3 Å². The first-order valence-corrected chi connectivity index (χ1v) is 5.23. The molecule has 0 amide bonds. The highest BCUT2D eigenvalue weighted by Gasteiger charge is 2.03. The molecule has 1 N–H and O–H groups in total. The summed E-state index contributed by atoms with van der Waals surface area (Å²) < 4.78 is 0. The van der Waals surface area contributed by atoms with Crippen LogP contribution in [-0.4, -0.2) is 27.2 Å². The Morgan fingerprint density at radius 1 is 1.36 bits per heavy atom. The lowest BCUT2D eigenvalue weighted by molar-refractivity contribution is 0.713. The summed E-state index contributed by atoms with van der Waals surface area (Å²) in [6.45, 7) is 2.05. The Labute approximate surface area is 90.9 Å². The molecule has 0 heterocycles. The first-order chi connectivity index (χ1) is 6.75. The van der Waals surface area contributed by atoms with Crippen molar-refractivity contribution in [3.8, 4) is 0 Å². The number of halogens is 1. The van der Waals surface area contributed by atoms with Gasteiger partial charge in [-0.05, 0) is 32.1 Å². The predicted molar refractivity (Wildman–Crippen MR) is 63.3 cm³/mol. The van der Waals surface area contributed by atoms with Gasteiger partial charge in [-0.1, -0.05) is 23.7 Å². The second kappa shape index (κ2) is 5.89. The smallest absolute Gasteiger partial charge is 0.0639 e. The predicted octanol–water partition coefficient (Wildman–Crippen LogP) is 2.39. The molecule has 1 aromatic carbocycles. The Morgan fingerprint density at radius 3 is 2.71 bits per heavy atom.